The number of nitrogens with zero attached hydrogens (tertiary/aromatic N) is 1. The summed E-state index contributed by atoms with van der Waals surface area (Å²) < 4.78 is 0. The molecule has 0 spiro atoms. The lowest BCUT2D eigenvalue weighted by Crippen LogP contribution is -2.66. The Morgan fingerprint density at radius 3 is 2.55 bits per heavy atom. The van der Waals surface area contributed by atoms with Crippen LogP contribution in [0.15, 0.2) is 36.5 Å². The summed E-state index contributed by atoms with van der Waals surface area (Å²) in [5, 5.41) is 0. The monoisotopic (exact) mass is 275 g/mol. The van der Waals surface area contributed by atoms with Crippen LogP contribution in [0.1, 0.15) is 47.0 Å². The van der Waals surface area contributed by atoms with Crippen molar-refractivity contribution in [2.75, 3.05) is 7.05 Å². The molecule has 20 heavy (non-hydrogen) atoms. The molecule has 1 saturated heterocycles. The molecule has 3 atom stereocenters. The molecule has 2 unspecified atom stereocenters. The highest BCUT2D eigenvalue weighted by Gasteiger charge is 2.50. The maximum absolute atomic E-state index is 11.7. The maximum Gasteiger partial charge on any atom is 0.160 e. The van der Waals surface area contributed by atoms with E-state index in [9.17, 15) is 4.79 Å². The molecular formula is C18H29NO. The molecular weight excluding hydrogens is 246 g/mol. The molecule has 1 aliphatic rings. The first-order valence-corrected chi connectivity index (χ1v) is 7.55. The molecule has 2 nitrogen and oxygen atoms in total. The minimum atomic E-state index is 0.0681. The van der Waals surface area contributed by atoms with Crippen LogP contribution >= 0.6 is 0 Å². The minimum Gasteiger partial charge on any atom is -0.295 e. The molecule has 1 rings (SSSR count). The van der Waals surface area contributed by atoms with Crippen LogP contribution in [0.5, 0.6) is 0 Å². The van der Waals surface area contributed by atoms with E-state index in [1.807, 2.05) is 0 Å². The van der Waals surface area contributed by atoms with Gasteiger partial charge in [0.2, 0.25) is 0 Å². The SMILES string of the molecule is C=C/C=C(\C(=C)C1C[C@](C)(C(C)CCC)N1C)C(C)=O. The molecule has 0 aromatic rings. The number of carbonyl (C=O) groups is 1. The summed E-state index contributed by atoms with van der Waals surface area (Å²) in [5.41, 5.74) is 1.86. The van der Waals surface area contributed by atoms with Crippen molar-refractivity contribution in [3.05, 3.63) is 36.5 Å². The Labute approximate surface area is 124 Å². The van der Waals surface area contributed by atoms with Gasteiger partial charge in [-0.25, -0.2) is 0 Å². The van der Waals surface area contributed by atoms with Crippen LogP contribution in [0, 0.1) is 5.92 Å². The Balaban J connectivity index is 2.83. The molecule has 0 amide bonds. The average Bonchev–Trinajstić information content (AvgIpc) is 2.40. The minimum absolute atomic E-state index is 0.0681. The van der Waals surface area contributed by atoms with Gasteiger partial charge >= 0.3 is 0 Å². The topological polar surface area (TPSA) is 20.3 Å². The molecule has 0 N–H and O–H groups in total. The van der Waals surface area contributed by atoms with Gasteiger partial charge in [-0.1, -0.05) is 45.6 Å². The van der Waals surface area contributed by atoms with E-state index in [-0.39, 0.29) is 17.4 Å². The summed E-state index contributed by atoms with van der Waals surface area (Å²) in [4.78, 5) is 14.1. The first-order chi connectivity index (χ1) is 9.29. The molecule has 0 aromatic carbocycles. The lowest BCUT2D eigenvalue weighted by Gasteiger charge is -2.59. The summed E-state index contributed by atoms with van der Waals surface area (Å²) >= 11 is 0. The zero-order valence-corrected chi connectivity index (χ0v) is 13.7. The van der Waals surface area contributed by atoms with Crippen LogP contribution in [0.3, 0.4) is 0 Å². The molecule has 0 saturated carbocycles. The van der Waals surface area contributed by atoms with Gasteiger partial charge in [0, 0.05) is 17.2 Å². The highest BCUT2D eigenvalue weighted by Crippen LogP contribution is 2.45. The number of likely N-dealkylation sites (N-methyl/N-ethyl adjacent to an activating group) is 1. The Kier molecular flexibility index (Phi) is 5.52. The fourth-order valence-electron chi connectivity index (χ4n) is 3.31. The van der Waals surface area contributed by atoms with E-state index in [2.05, 4.69) is 45.9 Å². The molecule has 0 aromatic heterocycles. The molecule has 112 valence electrons. The van der Waals surface area contributed by atoms with E-state index in [4.69, 9.17) is 0 Å². The zero-order chi connectivity index (χ0) is 15.5. The van der Waals surface area contributed by atoms with Crippen molar-refractivity contribution in [2.24, 2.45) is 5.92 Å². The van der Waals surface area contributed by atoms with Gasteiger partial charge in [0.05, 0.1) is 0 Å². The fraction of sp³-hybridized carbons (Fsp3) is 0.611. The normalized spacial score (nSPS) is 28.6. The Hall–Kier alpha value is -1.15. The highest BCUT2D eigenvalue weighted by molar-refractivity contribution is 5.98. The van der Waals surface area contributed by atoms with E-state index in [0.29, 0.717) is 11.5 Å². The first kappa shape index (κ1) is 16.9. The van der Waals surface area contributed by atoms with Crippen molar-refractivity contribution >= 4 is 5.78 Å². The van der Waals surface area contributed by atoms with Crippen molar-refractivity contribution in [3.8, 4) is 0 Å². The third-order valence-electron chi connectivity index (χ3n) is 5.08. The maximum atomic E-state index is 11.7. The van der Waals surface area contributed by atoms with Gasteiger partial charge in [-0.2, -0.15) is 0 Å². The van der Waals surface area contributed by atoms with Crippen LogP contribution < -0.4 is 0 Å². The average molecular weight is 275 g/mol. The third kappa shape index (κ3) is 2.95. The number of rotatable bonds is 7. The highest BCUT2D eigenvalue weighted by atomic mass is 16.1. The number of hydrogen-bond donors (Lipinski definition) is 0. The van der Waals surface area contributed by atoms with Crippen molar-refractivity contribution in [3.63, 3.8) is 0 Å². The lowest BCUT2D eigenvalue weighted by atomic mass is 9.68. The molecule has 0 aliphatic carbocycles. The second-order valence-electron chi connectivity index (χ2n) is 6.28. The summed E-state index contributed by atoms with van der Waals surface area (Å²) in [7, 11) is 2.15. The van der Waals surface area contributed by atoms with Crippen LogP contribution in [-0.4, -0.2) is 29.3 Å². The zero-order valence-electron chi connectivity index (χ0n) is 13.7. The summed E-state index contributed by atoms with van der Waals surface area (Å²) in [5.74, 6) is 0.726. The quantitative estimate of drug-likeness (QED) is 0.514. The van der Waals surface area contributed by atoms with E-state index in [0.717, 1.165) is 12.0 Å². The number of hydrogen-bond acceptors (Lipinski definition) is 2. The molecule has 0 radical (unpaired) electrons. The van der Waals surface area contributed by atoms with Crippen LogP contribution in [0.25, 0.3) is 0 Å². The van der Waals surface area contributed by atoms with Crippen molar-refractivity contribution in [1.29, 1.82) is 0 Å². The summed E-state index contributed by atoms with van der Waals surface area (Å²) in [6.45, 7) is 16.3. The first-order valence-electron chi connectivity index (χ1n) is 7.55. The number of Topliss-reactive ketones (excluding diaryl/α,β-unsaturated/α-hetero) is 1. The van der Waals surface area contributed by atoms with E-state index >= 15 is 0 Å². The standard InChI is InChI=1S/C18H29NO/c1-8-10-13(3)18(6)12-17(19(18)7)14(4)16(11-9-2)15(5)20/h9,11,13,17H,2,4,8,10,12H2,1,3,5-7H3/b16-11+/t13?,17?,18-/m1/s1. The van der Waals surface area contributed by atoms with Gasteiger partial charge in [0.25, 0.3) is 0 Å². The number of ketones is 1. The van der Waals surface area contributed by atoms with E-state index in [1.54, 1.807) is 19.1 Å². The molecule has 1 fully saturated rings. The van der Waals surface area contributed by atoms with E-state index in [1.165, 1.54) is 12.8 Å². The van der Waals surface area contributed by atoms with Gasteiger partial charge < -0.3 is 0 Å². The summed E-state index contributed by atoms with van der Waals surface area (Å²) in [6, 6.07) is 0.273. The van der Waals surface area contributed by atoms with Gasteiger partial charge in [-0.15, -0.1) is 0 Å². The number of allylic oxidation sites excluding steroid dienone is 2. The Morgan fingerprint density at radius 2 is 2.15 bits per heavy atom. The second-order valence-corrected chi connectivity index (χ2v) is 6.28. The second kappa shape index (κ2) is 6.53. The molecule has 2 heteroatoms. The number of likely N-dealkylation sites (tertiary alicyclic amines) is 1. The molecule has 0 bridgehead atoms. The van der Waals surface area contributed by atoms with Crippen molar-refractivity contribution < 1.29 is 4.79 Å². The lowest BCUT2D eigenvalue weighted by molar-refractivity contribution is -0.113. The Morgan fingerprint density at radius 1 is 1.55 bits per heavy atom. The summed E-state index contributed by atoms with van der Waals surface area (Å²) in [6.07, 6.45) is 6.97. The van der Waals surface area contributed by atoms with Crippen molar-refractivity contribution in [1.82, 2.24) is 4.90 Å². The number of carbonyl (C=O) groups excluding carboxylic acids is 1. The smallest absolute Gasteiger partial charge is 0.160 e. The van der Waals surface area contributed by atoms with Gasteiger partial charge in [-0.05, 0) is 45.2 Å². The van der Waals surface area contributed by atoms with Gasteiger partial charge in [0.1, 0.15) is 0 Å². The largest absolute Gasteiger partial charge is 0.295 e. The predicted octanol–water partition coefficient (Wildman–Crippen LogP) is 4.14. The third-order valence-corrected chi connectivity index (χ3v) is 5.08. The van der Waals surface area contributed by atoms with Crippen LogP contribution in [-0.2, 0) is 4.79 Å². The van der Waals surface area contributed by atoms with Gasteiger partial charge in [0.15, 0.2) is 5.78 Å². The van der Waals surface area contributed by atoms with Gasteiger partial charge in [-0.3, -0.25) is 9.69 Å². The fourth-order valence-corrected chi connectivity index (χ4v) is 3.31. The van der Waals surface area contributed by atoms with E-state index < -0.39 is 0 Å². The Bertz CT molecular complexity index is 435. The van der Waals surface area contributed by atoms with Crippen molar-refractivity contribution in [2.45, 2.75) is 58.5 Å². The molecule has 1 heterocycles. The van der Waals surface area contributed by atoms with Crippen LogP contribution in [0.4, 0.5) is 0 Å². The predicted molar refractivity (Wildman–Crippen MR) is 86.7 cm³/mol. The molecule has 1 aliphatic heterocycles. The van der Waals surface area contributed by atoms with Crippen LogP contribution in [0.2, 0.25) is 0 Å².